The summed E-state index contributed by atoms with van der Waals surface area (Å²) in [6.07, 6.45) is 0.956. The van der Waals surface area contributed by atoms with Crippen molar-refractivity contribution in [2.45, 2.75) is 59.9 Å². The van der Waals surface area contributed by atoms with Crippen molar-refractivity contribution in [1.82, 2.24) is 18.9 Å². The van der Waals surface area contributed by atoms with Crippen LogP contribution in [0, 0.1) is 28.4 Å². The van der Waals surface area contributed by atoms with Gasteiger partial charge in [-0.05, 0) is 17.9 Å². The van der Waals surface area contributed by atoms with Gasteiger partial charge in [0.05, 0.1) is 45.2 Å². The standard InChI is InChI=1S/C31H45F2N6O8P/c1-5-6-8-39-28-26(33)23(21-34)19-24(32)27(28)36-29(39)35-25(20-31(2,3)4)45-22-46-30(40)44-13-7-14-47-48(41,37-9-15-42-16-10-37)38-11-17-43-18-12-38/h19H,5-18,20,22H2,1-4H3/b35-25-. The Balaban J connectivity index is 1.35. The molecule has 0 N–H and O–H groups in total. The number of carbonyl (C=O) groups is 1. The highest BCUT2D eigenvalue weighted by atomic mass is 31.2. The minimum absolute atomic E-state index is 0.000357. The summed E-state index contributed by atoms with van der Waals surface area (Å²) in [5.74, 6) is -1.59. The number of unbranched alkanes of at least 4 members (excludes halogenated alkanes) is 1. The number of morpholine rings is 2. The van der Waals surface area contributed by atoms with Crippen LogP contribution in [0.2, 0.25) is 0 Å². The van der Waals surface area contributed by atoms with Crippen LogP contribution in [0.1, 0.15) is 58.9 Å². The number of nitrogens with zero attached hydrogens (tertiary/aromatic N) is 6. The number of ether oxygens (including phenoxy) is 5. The van der Waals surface area contributed by atoms with Crippen LogP contribution in [0.5, 0.6) is 0 Å². The number of benzene rings is 1. The van der Waals surface area contributed by atoms with E-state index in [0.29, 0.717) is 59.0 Å². The Morgan fingerprint density at radius 1 is 1.04 bits per heavy atom. The summed E-state index contributed by atoms with van der Waals surface area (Å²) in [6.45, 7) is 11.4. The summed E-state index contributed by atoms with van der Waals surface area (Å²) in [5.41, 5.74) is -1.15. The molecule has 2 aliphatic rings. The number of imidazole rings is 1. The van der Waals surface area contributed by atoms with Gasteiger partial charge in [0.15, 0.2) is 17.5 Å². The molecular weight excluding hydrogens is 653 g/mol. The van der Waals surface area contributed by atoms with Crippen LogP contribution in [0.4, 0.5) is 19.5 Å². The van der Waals surface area contributed by atoms with E-state index in [1.165, 1.54) is 4.57 Å². The van der Waals surface area contributed by atoms with E-state index in [1.807, 2.05) is 37.0 Å². The Hall–Kier alpha value is -3.19. The molecule has 0 radical (unpaired) electrons. The van der Waals surface area contributed by atoms with Gasteiger partial charge in [-0.1, -0.05) is 34.1 Å². The number of aliphatic imine (C=N–C) groups is 1. The zero-order valence-corrected chi connectivity index (χ0v) is 28.9. The molecule has 3 heterocycles. The van der Waals surface area contributed by atoms with E-state index >= 15 is 4.39 Å². The van der Waals surface area contributed by atoms with Crippen LogP contribution in [-0.2, 0) is 39.3 Å². The first kappa shape index (κ1) is 37.6. The second-order valence-electron chi connectivity index (χ2n) is 12.5. The molecule has 0 saturated carbocycles. The minimum Gasteiger partial charge on any atom is -0.444 e. The number of carbonyl (C=O) groups excluding carboxylic acids is 1. The van der Waals surface area contributed by atoms with E-state index in [2.05, 4.69) is 9.98 Å². The van der Waals surface area contributed by atoms with E-state index in [4.69, 9.17) is 28.2 Å². The number of fused-ring (bicyclic) bond motifs is 1. The lowest BCUT2D eigenvalue weighted by molar-refractivity contribution is -0.00371. The Morgan fingerprint density at radius 3 is 2.27 bits per heavy atom. The summed E-state index contributed by atoms with van der Waals surface area (Å²) in [7, 11) is -3.30. The van der Waals surface area contributed by atoms with Crippen molar-refractivity contribution >= 4 is 36.7 Å². The summed E-state index contributed by atoms with van der Waals surface area (Å²) in [5, 5.41) is 9.29. The fourth-order valence-electron chi connectivity index (χ4n) is 5.14. The number of hydrogen-bond donors (Lipinski definition) is 0. The highest BCUT2D eigenvalue weighted by Gasteiger charge is 2.40. The van der Waals surface area contributed by atoms with E-state index in [-0.39, 0.29) is 60.9 Å². The summed E-state index contributed by atoms with van der Waals surface area (Å²) in [6, 6.07) is 2.49. The molecule has 2 aromatic rings. The molecule has 14 nitrogen and oxygen atoms in total. The minimum atomic E-state index is -3.30. The molecule has 266 valence electrons. The van der Waals surface area contributed by atoms with E-state index < -0.39 is 37.8 Å². The maximum atomic E-state index is 15.2. The molecule has 4 rings (SSSR count). The van der Waals surface area contributed by atoms with Crippen molar-refractivity contribution in [3.05, 3.63) is 23.3 Å². The van der Waals surface area contributed by atoms with E-state index in [1.54, 1.807) is 6.07 Å². The molecule has 17 heteroatoms. The molecule has 0 spiro atoms. The molecular formula is C31H45F2N6O8P. The quantitative estimate of drug-likeness (QED) is 0.0590. The van der Waals surface area contributed by atoms with Gasteiger partial charge in [-0.15, -0.1) is 0 Å². The molecule has 0 atom stereocenters. The highest BCUT2D eigenvalue weighted by molar-refractivity contribution is 7.54. The van der Waals surface area contributed by atoms with Gasteiger partial charge in [0.2, 0.25) is 12.7 Å². The lowest BCUT2D eigenvalue weighted by atomic mass is 9.92. The van der Waals surface area contributed by atoms with Gasteiger partial charge in [0, 0.05) is 45.6 Å². The highest BCUT2D eigenvalue weighted by Crippen LogP contribution is 2.54. The number of nitriles is 1. The van der Waals surface area contributed by atoms with Crippen molar-refractivity contribution < 1.29 is 46.3 Å². The molecule has 2 fully saturated rings. The van der Waals surface area contributed by atoms with Crippen LogP contribution in [0.25, 0.3) is 11.0 Å². The second-order valence-corrected chi connectivity index (χ2v) is 14.9. The van der Waals surface area contributed by atoms with Crippen LogP contribution in [0.3, 0.4) is 0 Å². The van der Waals surface area contributed by atoms with E-state index in [0.717, 1.165) is 12.5 Å². The molecule has 2 aliphatic heterocycles. The summed E-state index contributed by atoms with van der Waals surface area (Å²) >= 11 is 0. The van der Waals surface area contributed by atoms with Crippen LogP contribution >= 0.6 is 7.67 Å². The Kier molecular flexibility index (Phi) is 13.7. The number of halogens is 2. The zero-order chi connectivity index (χ0) is 34.7. The predicted molar refractivity (Wildman–Crippen MR) is 172 cm³/mol. The van der Waals surface area contributed by atoms with Gasteiger partial charge in [-0.3, -0.25) is 4.57 Å². The summed E-state index contributed by atoms with van der Waals surface area (Å²) < 4.78 is 81.7. The maximum Gasteiger partial charge on any atom is 0.511 e. The van der Waals surface area contributed by atoms with Gasteiger partial charge >= 0.3 is 13.8 Å². The van der Waals surface area contributed by atoms with Crippen LogP contribution < -0.4 is 0 Å². The van der Waals surface area contributed by atoms with Gasteiger partial charge in [-0.25, -0.2) is 27.9 Å². The van der Waals surface area contributed by atoms with E-state index in [9.17, 15) is 19.0 Å². The number of aryl methyl sites for hydroxylation is 1. The Morgan fingerprint density at radius 2 is 1.69 bits per heavy atom. The summed E-state index contributed by atoms with van der Waals surface area (Å²) in [4.78, 5) is 21.0. The lowest BCUT2D eigenvalue weighted by Gasteiger charge is -2.41. The SMILES string of the molecule is CCCCn1c(/N=C(/CC(C)(C)C)OCOC(=O)OCCCOP(=O)(N2CCOCC2)N2CCOCC2)nc2c(F)cc(C#N)c(F)c21. The number of hydrogen-bond acceptors (Lipinski definition) is 11. The Bertz CT molecular complexity index is 1490. The predicted octanol–water partition coefficient (Wildman–Crippen LogP) is 5.76. The average Bonchev–Trinajstić information content (AvgIpc) is 3.43. The van der Waals surface area contributed by atoms with Crippen molar-refractivity contribution in [2.75, 3.05) is 72.6 Å². The van der Waals surface area contributed by atoms with Crippen molar-refractivity contribution in [2.24, 2.45) is 10.4 Å². The molecule has 0 bridgehead atoms. The van der Waals surface area contributed by atoms with Gasteiger partial charge in [0.25, 0.3) is 0 Å². The molecule has 1 aromatic heterocycles. The fraction of sp³-hybridized carbons (Fsp3) is 0.677. The third-order valence-electron chi connectivity index (χ3n) is 7.51. The Labute approximate surface area is 279 Å². The third-order valence-corrected chi connectivity index (χ3v) is 10.3. The molecule has 1 aromatic carbocycles. The first-order chi connectivity index (χ1) is 23.0. The topological polar surface area (TPSA) is 150 Å². The maximum absolute atomic E-state index is 15.2. The van der Waals surface area contributed by atoms with Gasteiger partial charge < -0.3 is 32.8 Å². The zero-order valence-electron chi connectivity index (χ0n) is 28.0. The van der Waals surface area contributed by atoms with Crippen molar-refractivity contribution in [1.29, 1.82) is 5.26 Å². The van der Waals surface area contributed by atoms with Crippen molar-refractivity contribution in [3.8, 4) is 6.07 Å². The third kappa shape index (κ3) is 9.93. The average molecular weight is 699 g/mol. The largest absolute Gasteiger partial charge is 0.511 e. The molecule has 0 unspecified atom stereocenters. The first-order valence-electron chi connectivity index (χ1n) is 16.2. The molecule has 48 heavy (non-hydrogen) atoms. The second kappa shape index (κ2) is 17.5. The lowest BCUT2D eigenvalue weighted by Crippen LogP contribution is -2.43. The van der Waals surface area contributed by atoms with Gasteiger partial charge in [-0.2, -0.15) is 10.3 Å². The molecule has 0 amide bonds. The van der Waals surface area contributed by atoms with Crippen LogP contribution in [0.15, 0.2) is 11.1 Å². The molecule has 0 aliphatic carbocycles. The number of rotatable bonds is 14. The smallest absolute Gasteiger partial charge is 0.444 e. The molecule has 2 saturated heterocycles. The normalized spacial score (nSPS) is 17.0. The first-order valence-corrected chi connectivity index (χ1v) is 17.7. The fourth-order valence-corrected chi connectivity index (χ4v) is 7.53. The van der Waals surface area contributed by atoms with Crippen LogP contribution in [-0.4, -0.2) is 104 Å². The van der Waals surface area contributed by atoms with Gasteiger partial charge in [0.1, 0.15) is 17.1 Å². The number of aromatic nitrogens is 2. The monoisotopic (exact) mass is 698 g/mol. The van der Waals surface area contributed by atoms with Crippen molar-refractivity contribution in [3.63, 3.8) is 0 Å².